The van der Waals surface area contributed by atoms with Gasteiger partial charge in [-0.25, -0.2) is 0 Å². The molecule has 0 aliphatic rings. The summed E-state index contributed by atoms with van der Waals surface area (Å²) in [6.07, 6.45) is 1.26. The first-order valence-electron chi connectivity index (χ1n) is 4.87. The summed E-state index contributed by atoms with van der Waals surface area (Å²) >= 11 is 6.53. The lowest BCUT2D eigenvalue weighted by Gasteiger charge is -2.03. The Morgan fingerprint density at radius 1 is 1.24 bits per heavy atom. The minimum absolute atomic E-state index is 0. The Morgan fingerprint density at radius 3 is 1.59 bits per heavy atom. The molecule has 8 heteroatoms. The quantitative estimate of drug-likeness (QED) is 0.603. The van der Waals surface area contributed by atoms with Gasteiger partial charge in [0.2, 0.25) is 0 Å². The van der Waals surface area contributed by atoms with E-state index in [9.17, 15) is 4.79 Å². The molecule has 0 spiro atoms. The van der Waals surface area contributed by atoms with E-state index < -0.39 is 5.24 Å². The van der Waals surface area contributed by atoms with Crippen LogP contribution in [-0.4, -0.2) is 42.6 Å². The van der Waals surface area contributed by atoms with Crippen molar-refractivity contribution in [2.45, 2.75) is 20.3 Å². The molecule has 0 atom stereocenters. The third kappa shape index (κ3) is 88.4. The van der Waals surface area contributed by atoms with Crippen LogP contribution in [0.1, 0.15) is 20.3 Å². The molecule has 2 amide bonds. The highest BCUT2D eigenvalue weighted by Gasteiger charge is 1.80. The van der Waals surface area contributed by atoms with Crippen LogP contribution in [0.4, 0.5) is 9.59 Å². The molecule has 0 bridgehead atoms. The van der Waals surface area contributed by atoms with Crippen molar-refractivity contribution in [2.24, 2.45) is 5.73 Å². The smallest absolute Gasteiger partial charge is 0.275 e. The number of nitrogens with zero attached hydrogens (tertiary/aromatic N) is 1. The van der Waals surface area contributed by atoms with Crippen LogP contribution in [-0.2, 0) is 0 Å². The Morgan fingerprint density at radius 2 is 1.59 bits per heavy atom. The predicted molar refractivity (Wildman–Crippen MR) is 82.7 cm³/mol. The van der Waals surface area contributed by atoms with Gasteiger partial charge in [0.25, 0.3) is 10.5 Å². The van der Waals surface area contributed by atoms with Gasteiger partial charge in [0.15, 0.2) is 0 Å². The summed E-state index contributed by atoms with van der Waals surface area (Å²) in [5.74, 6) is 0. The summed E-state index contributed by atoms with van der Waals surface area (Å²) < 4.78 is 0. The number of amides is 2. The molecule has 0 unspecified atom stereocenters. The number of primary amides is 1. The molecule has 0 radical (unpaired) electrons. The van der Waals surface area contributed by atoms with Crippen molar-refractivity contribution in [1.29, 1.82) is 0 Å². The number of rotatable bonds is 3. The van der Waals surface area contributed by atoms with Gasteiger partial charge < -0.3 is 16.0 Å². The molecular weight excluding hydrogens is 282 g/mol. The van der Waals surface area contributed by atoms with Crippen LogP contribution in [0.15, 0.2) is 0 Å². The molecule has 0 saturated carbocycles. The van der Waals surface area contributed by atoms with Gasteiger partial charge in [-0.1, -0.05) is 32.2 Å². The standard InChI is InChI=1S/C5H13N.C3H7NOS.CH3NOS.ClH/c1-4-5-6(2)3;1-2-4-3(5)6;2-1(3)4;/h4-5H2,1-3H3;2H2,1H3,(H2,4,5,6);(H3,2,3,4);1H. The minimum atomic E-state index is -0.639. The molecule has 0 saturated heterocycles. The van der Waals surface area contributed by atoms with Crippen molar-refractivity contribution in [3.8, 4) is 0 Å². The SMILES string of the molecule is CCCN(C)C.CCNC(=O)S.Cl.NC(=O)S. The molecule has 17 heavy (non-hydrogen) atoms. The highest BCUT2D eigenvalue weighted by Crippen LogP contribution is 1.76. The topological polar surface area (TPSA) is 75.4 Å². The zero-order valence-electron chi connectivity index (χ0n) is 10.8. The van der Waals surface area contributed by atoms with Gasteiger partial charge in [0.1, 0.15) is 0 Å². The van der Waals surface area contributed by atoms with Crippen LogP contribution in [0.25, 0.3) is 0 Å². The zero-order chi connectivity index (χ0) is 13.6. The molecular formula is C9H24ClN3O2S2. The summed E-state index contributed by atoms with van der Waals surface area (Å²) in [5, 5.41) is 1.53. The minimum Gasteiger partial charge on any atom is -0.361 e. The summed E-state index contributed by atoms with van der Waals surface area (Å²) in [6, 6.07) is 0. The van der Waals surface area contributed by atoms with E-state index in [1.54, 1.807) is 0 Å². The molecule has 0 aliphatic heterocycles. The first-order valence-corrected chi connectivity index (χ1v) is 5.77. The fourth-order valence-electron chi connectivity index (χ4n) is 0.598. The number of nitrogens with one attached hydrogen (secondary N) is 1. The number of thiol groups is 2. The van der Waals surface area contributed by atoms with Crippen molar-refractivity contribution in [3.63, 3.8) is 0 Å². The van der Waals surface area contributed by atoms with Crippen molar-refractivity contribution in [2.75, 3.05) is 27.2 Å². The monoisotopic (exact) mass is 305 g/mol. The van der Waals surface area contributed by atoms with Gasteiger partial charge in [-0.05, 0) is 34.0 Å². The van der Waals surface area contributed by atoms with E-state index in [2.05, 4.69) is 62.2 Å². The van der Waals surface area contributed by atoms with Crippen LogP contribution >= 0.6 is 37.7 Å². The van der Waals surface area contributed by atoms with Gasteiger partial charge in [0.05, 0.1) is 0 Å². The maximum atomic E-state index is 9.80. The van der Waals surface area contributed by atoms with Crippen molar-refractivity contribution < 1.29 is 9.59 Å². The average molecular weight is 306 g/mol. The van der Waals surface area contributed by atoms with E-state index in [1.807, 2.05) is 6.92 Å². The Hall–Kier alpha value is -0.110. The highest BCUT2D eigenvalue weighted by molar-refractivity contribution is 7.96. The van der Waals surface area contributed by atoms with E-state index in [0.29, 0.717) is 6.54 Å². The van der Waals surface area contributed by atoms with Crippen molar-refractivity contribution in [1.82, 2.24) is 10.2 Å². The maximum Gasteiger partial charge on any atom is 0.275 e. The second kappa shape index (κ2) is 21.2. The average Bonchev–Trinajstić information content (AvgIpc) is 2.02. The summed E-state index contributed by atoms with van der Waals surface area (Å²) in [5.41, 5.74) is 4.34. The number of hydrogen-bond acceptors (Lipinski definition) is 3. The third-order valence-electron chi connectivity index (χ3n) is 0.999. The molecule has 5 nitrogen and oxygen atoms in total. The molecule has 0 aliphatic carbocycles. The first kappa shape index (κ1) is 25.7. The lowest BCUT2D eigenvalue weighted by atomic mass is 10.5. The van der Waals surface area contributed by atoms with Crippen LogP contribution in [0.2, 0.25) is 0 Å². The van der Waals surface area contributed by atoms with E-state index in [0.717, 1.165) is 0 Å². The van der Waals surface area contributed by atoms with Crippen LogP contribution in [0, 0.1) is 0 Å². The maximum absolute atomic E-state index is 9.80. The Bertz CT molecular complexity index is 180. The number of hydrogen-bond donors (Lipinski definition) is 4. The molecule has 0 aromatic heterocycles. The lowest BCUT2D eigenvalue weighted by molar-refractivity contribution is 0.261. The van der Waals surface area contributed by atoms with Crippen LogP contribution in [0.3, 0.4) is 0 Å². The number of halogens is 1. The Kier molecular flexibility index (Phi) is 32.0. The van der Waals surface area contributed by atoms with Gasteiger partial charge in [0, 0.05) is 6.54 Å². The fourth-order valence-corrected chi connectivity index (χ4v) is 0.757. The number of carbonyl (C=O) groups excluding carboxylic acids is 2. The Balaban J connectivity index is -0.0000000741. The second-order valence-corrected chi connectivity index (χ2v) is 3.82. The van der Waals surface area contributed by atoms with Crippen LogP contribution in [0.5, 0.6) is 0 Å². The highest BCUT2D eigenvalue weighted by atomic mass is 35.5. The van der Waals surface area contributed by atoms with E-state index in [1.165, 1.54) is 13.0 Å². The van der Waals surface area contributed by atoms with Gasteiger partial charge in [-0.3, -0.25) is 9.59 Å². The van der Waals surface area contributed by atoms with Gasteiger partial charge >= 0.3 is 0 Å². The first-order chi connectivity index (χ1) is 7.27. The summed E-state index contributed by atoms with van der Waals surface area (Å²) in [4.78, 5) is 21.1. The summed E-state index contributed by atoms with van der Waals surface area (Å²) in [6.45, 7) is 5.89. The molecule has 0 aromatic rings. The molecule has 106 valence electrons. The number of nitrogens with two attached hydrogens (primary N) is 1. The van der Waals surface area contributed by atoms with Crippen molar-refractivity contribution in [3.05, 3.63) is 0 Å². The summed E-state index contributed by atoms with van der Waals surface area (Å²) in [7, 11) is 4.17. The second-order valence-electron chi connectivity index (χ2n) is 2.98. The molecule has 3 N–H and O–H groups in total. The predicted octanol–water partition coefficient (Wildman–Crippen LogP) is 2.02. The largest absolute Gasteiger partial charge is 0.361 e. The normalized spacial score (nSPS) is 7.71. The Labute approximate surface area is 121 Å². The van der Waals surface area contributed by atoms with Crippen molar-refractivity contribution >= 4 is 48.1 Å². The number of carbonyl (C=O) groups is 2. The van der Waals surface area contributed by atoms with E-state index in [4.69, 9.17) is 4.79 Å². The molecule has 0 heterocycles. The van der Waals surface area contributed by atoms with E-state index in [-0.39, 0.29) is 17.6 Å². The van der Waals surface area contributed by atoms with Gasteiger partial charge in [-0.2, -0.15) is 0 Å². The zero-order valence-corrected chi connectivity index (χ0v) is 13.4. The molecule has 0 fully saturated rings. The lowest BCUT2D eigenvalue weighted by Crippen LogP contribution is -2.14. The van der Waals surface area contributed by atoms with Crippen LogP contribution < -0.4 is 11.1 Å². The van der Waals surface area contributed by atoms with Gasteiger partial charge in [-0.15, -0.1) is 12.4 Å². The third-order valence-corrected chi connectivity index (χ3v) is 1.16. The molecule has 0 rings (SSSR count). The van der Waals surface area contributed by atoms with E-state index >= 15 is 0 Å². The fraction of sp³-hybridized carbons (Fsp3) is 0.778. The molecule has 0 aromatic carbocycles.